The van der Waals surface area contributed by atoms with Gasteiger partial charge in [-0.25, -0.2) is 4.98 Å². The molecular weight excluding hydrogens is 432 g/mol. The van der Waals surface area contributed by atoms with Crippen molar-refractivity contribution in [3.05, 3.63) is 42.3 Å². The van der Waals surface area contributed by atoms with Crippen molar-refractivity contribution in [1.82, 2.24) is 19.7 Å². The molecule has 0 aliphatic carbocycles. The van der Waals surface area contributed by atoms with Crippen molar-refractivity contribution in [3.8, 4) is 5.75 Å². The summed E-state index contributed by atoms with van der Waals surface area (Å²) < 4.78 is 13.0. The van der Waals surface area contributed by atoms with Crippen LogP contribution < -0.4 is 15.0 Å². The molecule has 2 aliphatic heterocycles. The number of nitrogens with one attached hydrogen (secondary N) is 1. The molecule has 1 unspecified atom stereocenters. The van der Waals surface area contributed by atoms with Gasteiger partial charge in [-0.05, 0) is 51.1 Å². The van der Waals surface area contributed by atoms with E-state index in [9.17, 15) is 4.79 Å². The van der Waals surface area contributed by atoms with E-state index >= 15 is 0 Å². The lowest BCUT2D eigenvalue weighted by Crippen LogP contribution is -2.43. The van der Waals surface area contributed by atoms with Crippen molar-refractivity contribution in [3.63, 3.8) is 0 Å². The number of aryl methyl sites for hydroxylation is 1. The lowest BCUT2D eigenvalue weighted by atomic mass is 9.96. The summed E-state index contributed by atoms with van der Waals surface area (Å²) in [5.41, 5.74) is 2.90. The Morgan fingerprint density at radius 1 is 1.15 bits per heavy atom. The molecule has 9 heteroatoms. The number of likely N-dealkylation sites (tertiary alicyclic amines) is 1. The van der Waals surface area contributed by atoms with E-state index in [4.69, 9.17) is 14.1 Å². The summed E-state index contributed by atoms with van der Waals surface area (Å²) in [6, 6.07) is 9.25. The van der Waals surface area contributed by atoms with Gasteiger partial charge in [-0.2, -0.15) is 5.10 Å². The number of anilines is 2. The number of ether oxygens (including phenoxy) is 1. The number of furan rings is 1. The second-order valence-electron chi connectivity index (χ2n) is 9.45. The minimum Gasteiger partial charge on any atom is -0.494 e. The number of fused-ring (bicyclic) bond motifs is 2. The number of nitrogens with zero attached hydrogens (tertiary/aromatic N) is 5. The topological polar surface area (TPSA) is 88.7 Å². The fourth-order valence-corrected chi connectivity index (χ4v) is 5.47. The molecule has 176 valence electrons. The SMILES string of the molecule is COc1cc2nn(C)cc2cc1NC(=O)c1cc2nc(N3CCC4(CCCN4C)C3)ccc2o1. The molecule has 4 aromatic rings. The Morgan fingerprint density at radius 3 is 2.82 bits per heavy atom. The highest BCUT2D eigenvalue weighted by molar-refractivity contribution is 6.06. The average molecular weight is 461 g/mol. The van der Waals surface area contributed by atoms with E-state index in [-0.39, 0.29) is 17.2 Å². The molecule has 2 saturated heterocycles. The van der Waals surface area contributed by atoms with E-state index in [0.717, 1.165) is 36.2 Å². The Kier molecular flexibility index (Phi) is 4.77. The van der Waals surface area contributed by atoms with Gasteiger partial charge in [0, 0.05) is 49.4 Å². The number of carbonyl (C=O) groups is 1. The maximum absolute atomic E-state index is 13.0. The minimum atomic E-state index is -0.353. The van der Waals surface area contributed by atoms with Crippen LogP contribution >= 0.6 is 0 Å². The summed E-state index contributed by atoms with van der Waals surface area (Å²) in [5.74, 6) is 1.33. The number of pyridine rings is 1. The number of likely N-dealkylation sites (N-methyl/N-ethyl adjacent to an activating group) is 1. The first-order chi connectivity index (χ1) is 16.4. The van der Waals surface area contributed by atoms with Gasteiger partial charge in [0.15, 0.2) is 11.3 Å². The normalized spacial score (nSPS) is 20.7. The lowest BCUT2D eigenvalue weighted by Gasteiger charge is -2.32. The van der Waals surface area contributed by atoms with Gasteiger partial charge in [-0.3, -0.25) is 14.4 Å². The zero-order valence-electron chi connectivity index (χ0n) is 19.7. The molecule has 1 aromatic carbocycles. The van der Waals surface area contributed by atoms with Crippen LogP contribution in [0, 0.1) is 0 Å². The Labute approximate surface area is 197 Å². The van der Waals surface area contributed by atoms with Gasteiger partial charge in [-0.1, -0.05) is 0 Å². The first kappa shape index (κ1) is 21.0. The quantitative estimate of drug-likeness (QED) is 0.497. The fraction of sp³-hybridized carbons (Fsp3) is 0.400. The van der Waals surface area contributed by atoms with Crippen LogP contribution in [-0.4, -0.2) is 64.9 Å². The maximum Gasteiger partial charge on any atom is 0.291 e. The van der Waals surface area contributed by atoms with Crippen LogP contribution in [0.4, 0.5) is 11.5 Å². The van der Waals surface area contributed by atoms with Crippen LogP contribution in [0.15, 0.2) is 40.9 Å². The summed E-state index contributed by atoms with van der Waals surface area (Å²) >= 11 is 0. The van der Waals surface area contributed by atoms with Crippen molar-refractivity contribution in [2.45, 2.75) is 24.8 Å². The Hall–Kier alpha value is -3.59. The zero-order valence-corrected chi connectivity index (χ0v) is 19.7. The number of hydrogen-bond acceptors (Lipinski definition) is 7. The summed E-state index contributed by atoms with van der Waals surface area (Å²) in [5, 5.41) is 8.21. The van der Waals surface area contributed by atoms with E-state index in [0.29, 0.717) is 22.5 Å². The van der Waals surface area contributed by atoms with Crippen LogP contribution in [0.1, 0.15) is 29.8 Å². The molecule has 0 radical (unpaired) electrons. The van der Waals surface area contributed by atoms with Crippen molar-refractivity contribution < 1.29 is 13.9 Å². The summed E-state index contributed by atoms with van der Waals surface area (Å²) in [7, 11) is 5.65. The number of carbonyl (C=O) groups excluding carboxylic acids is 1. The molecule has 3 aromatic heterocycles. The Morgan fingerprint density at radius 2 is 2.03 bits per heavy atom. The van der Waals surface area contributed by atoms with Gasteiger partial charge in [0.1, 0.15) is 17.1 Å². The lowest BCUT2D eigenvalue weighted by molar-refractivity contribution is 0.0998. The highest BCUT2D eigenvalue weighted by Crippen LogP contribution is 2.38. The predicted molar refractivity (Wildman–Crippen MR) is 131 cm³/mol. The van der Waals surface area contributed by atoms with Crippen LogP contribution in [0.5, 0.6) is 5.75 Å². The van der Waals surface area contributed by atoms with Gasteiger partial charge >= 0.3 is 0 Å². The van der Waals surface area contributed by atoms with Gasteiger partial charge in [0.25, 0.3) is 5.91 Å². The highest BCUT2D eigenvalue weighted by Gasteiger charge is 2.44. The molecule has 0 bridgehead atoms. The number of hydrogen-bond donors (Lipinski definition) is 1. The predicted octanol–water partition coefficient (Wildman–Crippen LogP) is 3.65. The third-order valence-electron chi connectivity index (χ3n) is 7.37. The number of methoxy groups -OCH3 is 1. The monoisotopic (exact) mass is 460 g/mol. The van der Waals surface area contributed by atoms with Crippen LogP contribution in [0.25, 0.3) is 22.0 Å². The van der Waals surface area contributed by atoms with Crippen LogP contribution in [-0.2, 0) is 7.05 Å². The highest BCUT2D eigenvalue weighted by atomic mass is 16.5. The molecule has 1 amide bonds. The smallest absolute Gasteiger partial charge is 0.291 e. The van der Waals surface area contributed by atoms with Crippen molar-refractivity contribution >= 4 is 39.4 Å². The van der Waals surface area contributed by atoms with E-state index in [1.807, 2.05) is 37.5 Å². The van der Waals surface area contributed by atoms with Gasteiger partial charge in [-0.15, -0.1) is 0 Å². The molecule has 2 aliphatic rings. The first-order valence-corrected chi connectivity index (χ1v) is 11.6. The summed E-state index contributed by atoms with van der Waals surface area (Å²) in [6.07, 6.45) is 5.55. The second-order valence-corrected chi connectivity index (χ2v) is 9.45. The van der Waals surface area contributed by atoms with Crippen molar-refractivity contribution in [1.29, 1.82) is 0 Å². The third-order valence-corrected chi connectivity index (χ3v) is 7.37. The van der Waals surface area contributed by atoms with E-state index in [1.54, 1.807) is 17.9 Å². The average Bonchev–Trinajstić information content (AvgIpc) is 3.59. The summed E-state index contributed by atoms with van der Waals surface area (Å²) in [4.78, 5) is 22.7. The molecule has 34 heavy (non-hydrogen) atoms. The number of benzene rings is 1. The molecule has 1 N–H and O–H groups in total. The molecule has 6 rings (SSSR count). The molecule has 5 heterocycles. The van der Waals surface area contributed by atoms with Crippen molar-refractivity contribution in [2.24, 2.45) is 7.05 Å². The third kappa shape index (κ3) is 3.38. The molecule has 1 spiro atoms. The van der Waals surface area contributed by atoms with Gasteiger partial charge in [0.05, 0.1) is 18.3 Å². The van der Waals surface area contributed by atoms with E-state index in [1.165, 1.54) is 19.4 Å². The number of aromatic nitrogens is 3. The van der Waals surface area contributed by atoms with Crippen LogP contribution in [0.3, 0.4) is 0 Å². The fourth-order valence-electron chi connectivity index (χ4n) is 5.47. The van der Waals surface area contributed by atoms with Gasteiger partial charge < -0.3 is 19.4 Å². The minimum absolute atomic E-state index is 0.210. The van der Waals surface area contributed by atoms with Crippen molar-refractivity contribution in [2.75, 3.05) is 44.0 Å². The zero-order chi connectivity index (χ0) is 23.4. The summed E-state index contributed by atoms with van der Waals surface area (Å²) in [6.45, 7) is 3.15. The van der Waals surface area contributed by atoms with E-state index in [2.05, 4.69) is 27.3 Å². The number of rotatable bonds is 4. The molecular formula is C25H28N6O3. The maximum atomic E-state index is 13.0. The Bertz CT molecular complexity index is 1410. The van der Waals surface area contributed by atoms with E-state index < -0.39 is 0 Å². The number of amides is 1. The van der Waals surface area contributed by atoms with Gasteiger partial charge in [0.2, 0.25) is 0 Å². The molecule has 9 nitrogen and oxygen atoms in total. The molecule has 1 atom stereocenters. The Balaban J connectivity index is 1.24. The molecule has 0 saturated carbocycles. The second kappa shape index (κ2) is 7.73. The standard InChI is InChI=1S/C25H28N6O3/c1-29-9-4-7-25(29)8-10-31(15-25)23-6-5-20-19(26-23)13-22(34-20)24(32)27-18-11-16-14-30(2)28-17(16)12-21(18)33-3/h5-6,11-14H,4,7-10,15H2,1-3H3,(H,27,32). The van der Waals surface area contributed by atoms with Crippen LogP contribution in [0.2, 0.25) is 0 Å². The first-order valence-electron chi connectivity index (χ1n) is 11.6. The molecule has 2 fully saturated rings. The largest absolute Gasteiger partial charge is 0.494 e.